The number of halogens is 2. The highest BCUT2D eigenvalue weighted by Crippen LogP contribution is 2.35. The summed E-state index contributed by atoms with van der Waals surface area (Å²) >= 11 is 5.98. The Morgan fingerprint density at radius 2 is 1.81 bits per heavy atom. The molecule has 0 saturated heterocycles. The third-order valence-corrected chi connectivity index (χ3v) is 6.81. The third-order valence-electron chi connectivity index (χ3n) is 5.90. The summed E-state index contributed by atoms with van der Waals surface area (Å²) in [6.45, 7) is -1.59. The lowest BCUT2D eigenvalue weighted by Crippen LogP contribution is -2.44. The zero-order valence-electron chi connectivity index (χ0n) is 22.0. The molecule has 15 heteroatoms. The van der Waals surface area contributed by atoms with Gasteiger partial charge in [-0.05, 0) is 29.5 Å². The summed E-state index contributed by atoms with van der Waals surface area (Å²) in [6, 6.07) is 12.6. The molecule has 2 amide bonds. The summed E-state index contributed by atoms with van der Waals surface area (Å²) in [6.07, 6.45) is -0.494. The van der Waals surface area contributed by atoms with Crippen LogP contribution in [-0.2, 0) is 29.8 Å². The summed E-state index contributed by atoms with van der Waals surface area (Å²) in [5.74, 6) is -0.728. The lowest BCUT2D eigenvalue weighted by atomic mass is 10.1. The van der Waals surface area contributed by atoms with Gasteiger partial charge in [0.25, 0.3) is 0 Å². The first-order valence-corrected chi connectivity index (χ1v) is 14.3. The molecular formula is C27H34ClFN3O9P. The Kier molecular flexibility index (Phi) is 13.7. The van der Waals surface area contributed by atoms with Crippen LogP contribution >= 0.6 is 19.4 Å². The van der Waals surface area contributed by atoms with Gasteiger partial charge in [0.05, 0.1) is 30.9 Å². The molecule has 0 spiro atoms. The quantitative estimate of drug-likeness (QED) is 0.190. The Morgan fingerprint density at radius 3 is 2.52 bits per heavy atom. The number of nitrogens with one attached hydrogen (secondary N) is 1. The van der Waals surface area contributed by atoms with Crippen LogP contribution in [0.5, 0.6) is 0 Å². The average molecular weight is 630 g/mol. The Morgan fingerprint density at radius 1 is 1.10 bits per heavy atom. The van der Waals surface area contributed by atoms with E-state index in [-0.39, 0.29) is 56.8 Å². The van der Waals surface area contributed by atoms with Crippen molar-refractivity contribution in [2.75, 3.05) is 38.8 Å². The molecule has 2 atom stereocenters. The predicted octanol–water partition coefficient (Wildman–Crippen LogP) is 4.16. The molecule has 12 nitrogen and oxygen atoms in total. The van der Waals surface area contributed by atoms with Crippen molar-refractivity contribution < 1.29 is 47.4 Å². The van der Waals surface area contributed by atoms with Crippen molar-refractivity contribution in [3.63, 3.8) is 0 Å². The highest BCUT2D eigenvalue weighted by Gasteiger charge is 2.24. The molecule has 230 valence electrons. The number of carbonyl (C=O) groups is 2. The maximum absolute atomic E-state index is 13.7. The number of benzene rings is 2. The van der Waals surface area contributed by atoms with Crippen LogP contribution in [0.25, 0.3) is 10.8 Å². The first-order chi connectivity index (χ1) is 19.4. The number of amides is 2. The second-order valence-corrected chi connectivity index (χ2v) is 10.6. The van der Waals surface area contributed by atoms with Crippen LogP contribution in [0.4, 0.5) is 15.0 Å². The molecule has 0 aliphatic carbocycles. The zero-order valence-corrected chi connectivity index (χ0v) is 23.6. The smallest absolute Gasteiger partial charge is 0.447 e. The molecule has 0 radical (unpaired) electrons. The number of carbonyl (C=O) groups excluding carboxylic acids is 2. The predicted molar refractivity (Wildman–Crippen MR) is 155 cm³/mol. The van der Waals surface area contributed by atoms with Crippen molar-refractivity contribution in [2.45, 2.75) is 32.4 Å². The fourth-order valence-corrected chi connectivity index (χ4v) is 4.26. The van der Waals surface area contributed by atoms with E-state index in [1.165, 1.54) is 24.1 Å². The summed E-state index contributed by atoms with van der Waals surface area (Å²) in [5.41, 5.74) is 0.452. The number of anilines is 1. The minimum absolute atomic E-state index is 0. The van der Waals surface area contributed by atoms with E-state index in [0.717, 1.165) is 10.8 Å². The molecule has 0 unspecified atom stereocenters. The van der Waals surface area contributed by atoms with Gasteiger partial charge in [0.15, 0.2) is 0 Å². The largest absolute Gasteiger partial charge is 0.469 e. The number of likely N-dealkylation sites (N-methyl/N-ethyl adjacent to an activating group) is 1. The molecule has 2 aromatic carbocycles. The number of phosphoric ester groups is 1. The maximum atomic E-state index is 13.7. The minimum Gasteiger partial charge on any atom is -0.447 e. The van der Waals surface area contributed by atoms with Gasteiger partial charge in [-0.3, -0.25) is 14.6 Å². The standard InChI is InChI=1S/C26H30ClFN3O9P.CH4/c1-31(24(33)10-9-17-7-4-8-22(28)25(17)27)20(13-38-15-21(32)16-40-41(35,36)37)14-39-26(34)30-23-11-18-5-2-3-6-19(18)12-29-23;/h2-8,11-12,20-21,32H,9-10,13-16H2,1H3,(H,29,30,34)(H2,35,36,37);1H4/t20-,21+;/m0./s1. The molecule has 3 rings (SSSR count). The highest BCUT2D eigenvalue weighted by atomic mass is 35.5. The van der Waals surface area contributed by atoms with Gasteiger partial charge in [-0.1, -0.05) is 55.4 Å². The molecule has 1 heterocycles. The number of aliphatic hydroxyl groups excluding tert-OH is 1. The van der Waals surface area contributed by atoms with E-state index in [4.69, 9.17) is 30.9 Å². The summed E-state index contributed by atoms with van der Waals surface area (Å²) in [7, 11) is -3.31. The topological polar surface area (TPSA) is 168 Å². The van der Waals surface area contributed by atoms with Crippen molar-refractivity contribution >= 4 is 48.0 Å². The Labute approximate surface area is 247 Å². The summed E-state index contributed by atoms with van der Waals surface area (Å²) in [4.78, 5) is 48.4. The molecular weight excluding hydrogens is 596 g/mol. The Balaban J connectivity index is 0.00000616. The number of rotatable bonds is 14. The van der Waals surface area contributed by atoms with Crippen molar-refractivity contribution in [3.05, 3.63) is 71.1 Å². The van der Waals surface area contributed by atoms with Crippen LogP contribution in [0.1, 0.15) is 19.4 Å². The fraction of sp³-hybridized carbons (Fsp3) is 0.370. The van der Waals surface area contributed by atoms with E-state index in [1.54, 1.807) is 18.3 Å². The van der Waals surface area contributed by atoms with Crippen molar-refractivity contribution in [2.24, 2.45) is 0 Å². The lowest BCUT2D eigenvalue weighted by Gasteiger charge is -2.28. The molecule has 1 aromatic heterocycles. The monoisotopic (exact) mass is 629 g/mol. The van der Waals surface area contributed by atoms with Crippen LogP contribution in [0.3, 0.4) is 0 Å². The fourth-order valence-electron chi connectivity index (χ4n) is 3.67. The highest BCUT2D eigenvalue weighted by molar-refractivity contribution is 7.46. The first-order valence-electron chi connectivity index (χ1n) is 12.4. The number of phosphoric acid groups is 1. The van der Waals surface area contributed by atoms with Gasteiger partial charge in [-0.15, -0.1) is 0 Å². The number of hydrogen-bond donors (Lipinski definition) is 4. The zero-order chi connectivity index (χ0) is 30.0. The van der Waals surface area contributed by atoms with Gasteiger partial charge < -0.3 is 29.3 Å². The van der Waals surface area contributed by atoms with Gasteiger partial charge >= 0.3 is 13.9 Å². The summed E-state index contributed by atoms with van der Waals surface area (Å²) < 4.78 is 39.5. The molecule has 0 aliphatic heterocycles. The van der Waals surface area contributed by atoms with E-state index >= 15 is 0 Å². The molecule has 0 bridgehead atoms. The van der Waals surface area contributed by atoms with Crippen molar-refractivity contribution in [1.82, 2.24) is 9.88 Å². The number of fused-ring (bicyclic) bond motifs is 1. The Hall–Kier alpha value is -3.16. The van der Waals surface area contributed by atoms with Crippen LogP contribution in [-0.4, -0.2) is 82.4 Å². The van der Waals surface area contributed by atoms with Gasteiger partial charge in [-0.2, -0.15) is 0 Å². The second-order valence-electron chi connectivity index (χ2n) is 8.99. The van der Waals surface area contributed by atoms with Crippen LogP contribution in [0.2, 0.25) is 5.02 Å². The number of aliphatic hydroxyl groups is 1. The van der Waals surface area contributed by atoms with E-state index in [1.807, 2.05) is 24.3 Å². The molecule has 0 aliphatic rings. The lowest BCUT2D eigenvalue weighted by molar-refractivity contribution is -0.134. The van der Waals surface area contributed by atoms with Crippen LogP contribution in [0, 0.1) is 5.82 Å². The molecule has 0 saturated carbocycles. The first kappa shape index (κ1) is 35.0. The normalized spacial score (nSPS) is 12.7. The molecule has 0 fully saturated rings. The maximum Gasteiger partial charge on any atom is 0.469 e. The number of aryl methyl sites for hydroxylation is 1. The third kappa shape index (κ3) is 11.3. The molecule has 4 N–H and O–H groups in total. The van der Waals surface area contributed by atoms with Crippen LogP contribution < -0.4 is 5.32 Å². The second kappa shape index (κ2) is 16.5. The number of hydrogen-bond acceptors (Lipinski definition) is 8. The number of aromatic nitrogens is 1. The molecule has 42 heavy (non-hydrogen) atoms. The number of nitrogens with zero attached hydrogens (tertiary/aromatic N) is 2. The van der Waals surface area contributed by atoms with Crippen molar-refractivity contribution in [1.29, 1.82) is 0 Å². The van der Waals surface area contributed by atoms with Crippen LogP contribution in [0.15, 0.2) is 54.7 Å². The molecule has 3 aromatic rings. The average Bonchev–Trinajstić information content (AvgIpc) is 2.93. The van der Waals surface area contributed by atoms with E-state index in [2.05, 4.69) is 14.8 Å². The Bertz CT molecular complexity index is 1390. The van der Waals surface area contributed by atoms with Gasteiger partial charge in [-0.25, -0.2) is 18.7 Å². The van der Waals surface area contributed by atoms with Gasteiger partial charge in [0.2, 0.25) is 5.91 Å². The van der Waals surface area contributed by atoms with E-state index in [9.17, 15) is 23.7 Å². The summed E-state index contributed by atoms with van der Waals surface area (Å²) in [5, 5.41) is 14.1. The van der Waals surface area contributed by atoms with E-state index in [0.29, 0.717) is 5.56 Å². The number of pyridine rings is 1. The van der Waals surface area contributed by atoms with Gasteiger partial charge in [0, 0.05) is 25.1 Å². The van der Waals surface area contributed by atoms with Crippen molar-refractivity contribution in [3.8, 4) is 0 Å². The SMILES string of the molecule is C.CN(C(=O)CCc1cccc(F)c1Cl)[C@@H](COC[C@@H](O)COP(=O)(O)O)COC(=O)Nc1cc2ccccc2cn1. The number of ether oxygens (including phenoxy) is 2. The van der Waals surface area contributed by atoms with Gasteiger partial charge in [0.1, 0.15) is 24.3 Å². The minimum atomic E-state index is -4.78. The van der Waals surface area contributed by atoms with E-state index < -0.39 is 38.5 Å².